The van der Waals surface area contributed by atoms with Gasteiger partial charge in [-0.25, -0.2) is 4.79 Å². The van der Waals surface area contributed by atoms with Gasteiger partial charge in [0.05, 0.1) is 12.2 Å². The predicted octanol–water partition coefficient (Wildman–Crippen LogP) is 2.69. The average molecular weight is 283 g/mol. The number of aryl methyl sites for hydroxylation is 1. The molecule has 1 aromatic carbocycles. The van der Waals surface area contributed by atoms with E-state index in [0.717, 1.165) is 11.3 Å². The van der Waals surface area contributed by atoms with Crippen LogP contribution in [0, 0.1) is 11.3 Å². The molecular formula is C16H17N3O2. The summed E-state index contributed by atoms with van der Waals surface area (Å²) in [5.41, 5.74) is 2.98. The van der Waals surface area contributed by atoms with E-state index in [4.69, 9.17) is 10.00 Å². The van der Waals surface area contributed by atoms with Crippen molar-refractivity contribution < 1.29 is 9.53 Å². The van der Waals surface area contributed by atoms with Crippen LogP contribution in [-0.2, 0) is 18.3 Å². The van der Waals surface area contributed by atoms with Gasteiger partial charge in [-0.1, -0.05) is 6.07 Å². The van der Waals surface area contributed by atoms with Crippen LogP contribution in [-0.4, -0.2) is 17.1 Å². The van der Waals surface area contributed by atoms with E-state index in [0.29, 0.717) is 24.4 Å². The second-order valence-electron chi connectivity index (χ2n) is 4.61. The summed E-state index contributed by atoms with van der Waals surface area (Å²) < 4.78 is 6.76. The fourth-order valence-corrected chi connectivity index (χ4v) is 2.02. The third-order valence-electron chi connectivity index (χ3n) is 3.05. The summed E-state index contributed by atoms with van der Waals surface area (Å²) in [6.45, 7) is 2.72. The molecule has 2 rings (SSSR count). The van der Waals surface area contributed by atoms with E-state index in [2.05, 4.69) is 11.4 Å². The van der Waals surface area contributed by atoms with Gasteiger partial charge < -0.3 is 14.6 Å². The van der Waals surface area contributed by atoms with Gasteiger partial charge in [-0.2, -0.15) is 5.26 Å². The zero-order valence-corrected chi connectivity index (χ0v) is 12.1. The van der Waals surface area contributed by atoms with Crippen LogP contribution in [0.15, 0.2) is 36.5 Å². The molecule has 0 bridgehead atoms. The Morgan fingerprint density at radius 1 is 1.43 bits per heavy atom. The summed E-state index contributed by atoms with van der Waals surface area (Å²) in [4.78, 5) is 11.7. The number of nitrogens with one attached hydrogen (secondary N) is 1. The first-order valence-electron chi connectivity index (χ1n) is 6.70. The van der Waals surface area contributed by atoms with Crippen LogP contribution in [0.4, 0.5) is 5.69 Å². The molecule has 1 N–H and O–H groups in total. The summed E-state index contributed by atoms with van der Waals surface area (Å²) in [6.07, 6.45) is 1.90. The number of hydrogen-bond donors (Lipinski definition) is 1. The summed E-state index contributed by atoms with van der Waals surface area (Å²) >= 11 is 0. The van der Waals surface area contributed by atoms with Gasteiger partial charge >= 0.3 is 5.97 Å². The second kappa shape index (κ2) is 6.62. The maximum absolute atomic E-state index is 11.7. The molecular weight excluding hydrogens is 266 g/mol. The number of carbonyl (C=O) groups excluding carboxylic acids is 1. The second-order valence-corrected chi connectivity index (χ2v) is 4.61. The van der Waals surface area contributed by atoms with Gasteiger partial charge in [0.2, 0.25) is 0 Å². The molecule has 0 fully saturated rings. The summed E-state index contributed by atoms with van der Waals surface area (Å²) in [5, 5.41) is 12.2. The molecule has 0 spiro atoms. The van der Waals surface area contributed by atoms with E-state index >= 15 is 0 Å². The van der Waals surface area contributed by atoms with E-state index in [1.165, 1.54) is 0 Å². The molecule has 1 aromatic heterocycles. The van der Waals surface area contributed by atoms with Gasteiger partial charge in [0.25, 0.3) is 0 Å². The van der Waals surface area contributed by atoms with Crippen LogP contribution in [0.2, 0.25) is 0 Å². The number of nitriles is 1. The van der Waals surface area contributed by atoms with Crippen LogP contribution in [0.25, 0.3) is 0 Å². The molecule has 0 radical (unpaired) electrons. The number of hydrogen-bond acceptors (Lipinski definition) is 4. The van der Waals surface area contributed by atoms with Crippen molar-refractivity contribution in [3.63, 3.8) is 0 Å². The zero-order chi connectivity index (χ0) is 15.2. The van der Waals surface area contributed by atoms with Gasteiger partial charge in [0, 0.05) is 25.5 Å². The minimum absolute atomic E-state index is 0.326. The molecule has 5 heteroatoms. The van der Waals surface area contributed by atoms with Gasteiger partial charge in [0.1, 0.15) is 11.8 Å². The maximum Gasteiger partial charge on any atom is 0.338 e. The Labute approximate surface area is 123 Å². The summed E-state index contributed by atoms with van der Waals surface area (Å²) in [5.74, 6) is -0.326. The third-order valence-corrected chi connectivity index (χ3v) is 3.05. The van der Waals surface area contributed by atoms with E-state index < -0.39 is 0 Å². The molecule has 0 aliphatic heterocycles. The minimum Gasteiger partial charge on any atom is -0.462 e. The van der Waals surface area contributed by atoms with E-state index in [-0.39, 0.29) is 5.97 Å². The topological polar surface area (TPSA) is 67.0 Å². The van der Waals surface area contributed by atoms with E-state index in [1.807, 2.05) is 25.4 Å². The molecule has 21 heavy (non-hydrogen) atoms. The largest absolute Gasteiger partial charge is 0.462 e. The Morgan fingerprint density at radius 3 is 2.90 bits per heavy atom. The number of ether oxygens (including phenoxy) is 1. The Bertz CT molecular complexity index is 683. The van der Waals surface area contributed by atoms with Crippen LogP contribution in [0.3, 0.4) is 0 Å². The van der Waals surface area contributed by atoms with E-state index in [1.54, 1.807) is 29.7 Å². The van der Waals surface area contributed by atoms with Gasteiger partial charge in [-0.05, 0) is 36.8 Å². The lowest BCUT2D eigenvalue weighted by Gasteiger charge is -2.07. The molecule has 0 unspecified atom stereocenters. The first-order chi connectivity index (χ1) is 10.1. The number of carbonyl (C=O) groups is 1. The zero-order valence-electron chi connectivity index (χ0n) is 12.1. The highest BCUT2D eigenvalue weighted by atomic mass is 16.5. The first-order valence-corrected chi connectivity index (χ1v) is 6.70. The maximum atomic E-state index is 11.7. The van der Waals surface area contributed by atoms with Crippen molar-refractivity contribution in [1.29, 1.82) is 5.26 Å². The molecule has 0 saturated heterocycles. The molecule has 0 saturated carbocycles. The molecule has 108 valence electrons. The minimum atomic E-state index is -0.326. The molecule has 1 heterocycles. The van der Waals surface area contributed by atoms with E-state index in [9.17, 15) is 4.79 Å². The van der Waals surface area contributed by atoms with Gasteiger partial charge in [-0.15, -0.1) is 0 Å². The number of benzene rings is 1. The molecule has 2 aromatic rings. The fourth-order valence-electron chi connectivity index (χ4n) is 2.02. The molecule has 0 atom stereocenters. The highest BCUT2D eigenvalue weighted by molar-refractivity contribution is 5.90. The Morgan fingerprint density at radius 2 is 2.24 bits per heavy atom. The highest BCUT2D eigenvalue weighted by Gasteiger charge is 2.07. The number of esters is 1. The molecule has 0 aliphatic carbocycles. The van der Waals surface area contributed by atoms with Gasteiger partial charge in [0.15, 0.2) is 0 Å². The van der Waals surface area contributed by atoms with Crippen LogP contribution in [0.1, 0.15) is 28.5 Å². The quantitative estimate of drug-likeness (QED) is 0.857. The van der Waals surface area contributed by atoms with Crippen LogP contribution < -0.4 is 5.32 Å². The smallest absolute Gasteiger partial charge is 0.338 e. The fraction of sp³-hybridized carbons (Fsp3) is 0.250. The van der Waals surface area contributed by atoms with Crippen molar-refractivity contribution in [2.45, 2.75) is 13.5 Å². The normalized spacial score (nSPS) is 9.95. The standard InChI is InChI=1S/C16H17N3O2/c1-3-21-16(20)13-5-4-6-14(8-13)18-10-12-7-15(9-17)19(2)11-12/h4-8,11,18H,3,10H2,1-2H3. The number of aromatic nitrogens is 1. The first kappa shape index (κ1) is 14.7. The highest BCUT2D eigenvalue weighted by Crippen LogP contribution is 2.14. The lowest BCUT2D eigenvalue weighted by molar-refractivity contribution is 0.0526. The Kier molecular flexibility index (Phi) is 4.62. The molecule has 5 nitrogen and oxygen atoms in total. The summed E-state index contributed by atoms with van der Waals surface area (Å²) in [7, 11) is 1.84. The number of rotatable bonds is 5. The third kappa shape index (κ3) is 3.63. The monoisotopic (exact) mass is 283 g/mol. The van der Waals surface area contributed by atoms with Crippen molar-refractivity contribution in [3.05, 3.63) is 53.3 Å². The lowest BCUT2D eigenvalue weighted by atomic mass is 10.2. The van der Waals surface area contributed by atoms with Crippen molar-refractivity contribution >= 4 is 11.7 Å². The summed E-state index contributed by atoms with van der Waals surface area (Å²) in [6, 6.07) is 11.1. The van der Waals surface area contributed by atoms with Crippen molar-refractivity contribution in [2.24, 2.45) is 7.05 Å². The molecule has 0 aliphatic rings. The molecule has 0 amide bonds. The number of anilines is 1. The van der Waals surface area contributed by atoms with Gasteiger partial charge in [-0.3, -0.25) is 0 Å². The van der Waals surface area contributed by atoms with Crippen LogP contribution in [0.5, 0.6) is 0 Å². The predicted molar refractivity (Wildman–Crippen MR) is 79.9 cm³/mol. The Hall–Kier alpha value is -2.74. The van der Waals surface area contributed by atoms with Crippen molar-refractivity contribution in [3.8, 4) is 6.07 Å². The SMILES string of the molecule is CCOC(=O)c1cccc(NCc2cc(C#N)n(C)c2)c1. The lowest BCUT2D eigenvalue weighted by Crippen LogP contribution is -2.05. The number of nitrogens with zero attached hydrogens (tertiary/aromatic N) is 2. The average Bonchev–Trinajstić information content (AvgIpc) is 2.86. The van der Waals surface area contributed by atoms with Crippen molar-refractivity contribution in [1.82, 2.24) is 4.57 Å². The van der Waals surface area contributed by atoms with Crippen molar-refractivity contribution in [2.75, 3.05) is 11.9 Å². The Balaban J connectivity index is 2.04. The van der Waals surface area contributed by atoms with Crippen LogP contribution >= 0.6 is 0 Å².